The van der Waals surface area contributed by atoms with Crippen molar-refractivity contribution in [2.24, 2.45) is 0 Å². The standard InChI is InChI=1S/C12H11N2O2/c1-2-6-16-12(15)9-7-11-10(14-8-9)4-3-5-13-11/h3-5,7-8H,1-2,6H2. The molecule has 2 aromatic heterocycles. The summed E-state index contributed by atoms with van der Waals surface area (Å²) in [5, 5.41) is 0. The van der Waals surface area contributed by atoms with Crippen molar-refractivity contribution in [1.29, 1.82) is 0 Å². The van der Waals surface area contributed by atoms with Gasteiger partial charge in [-0.2, -0.15) is 0 Å². The van der Waals surface area contributed by atoms with E-state index >= 15 is 0 Å². The predicted molar refractivity (Wildman–Crippen MR) is 59.8 cm³/mol. The third-order valence-electron chi connectivity index (χ3n) is 2.06. The Labute approximate surface area is 93.3 Å². The number of esters is 1. The van der Waals surface area contributed by atoms with E-state index in [-0.39, 0.29) is 5.97 Å². The highest BCUT2D eigenvalue weighted by molar-refractivity contribution is 5.92. The lowest BCUT2D eigenvalue weighted by atomic mass is 10.2. The summed E-state index contributed by atoms with van der Waals surface area (Å²) in [5.41, 5.74) is 1.86. The van der Waals surface area contributed by atoms with E-state index in [1.54, 1.807) is 18.3 Å². The number of hydrogen-bond donors (Lipinski definition) is 0. The molecule has 81 valence electrons. The van der Waals surface area contributed by atoms with E-state index in [1.807, 2.05) is 6.07 Å². The lowest BCUT2D eigenvalue weighted by molar-refractivity contribution is 0.0510. The molecule has 0 amide bonds. The van der Waals surface area contributed by atoms with E-state index in [0.717, 1.165) is 5.52 Å². The summed E-state index contributed by atoms with van der Waals surface area (Å²) in [6.45, 7) is 3.91. The van der Waals surface area contributed by atoms with Crippen LogP contribution in [0.15, 0.2) is 30.6 Å². The van der Waals surface area contributed by atoms with Gasteiger partial charge in [-0.3, -0.25) is 9.97 Å². The van der Waals surface area contributed by atoms with Gasteiger partial charge in [-0.1, -0.05) is 0 Å². The van der Waals surface area contributed by atoms with Gasteiger partial charge in [0.1, 0.15) is 0 Å². The Kier molecular flexibility index (Phi) is 3.10. The van der Waals surface area contributed by atoms with Crippen molar-refractivity contribution in [2.75, 3.05) is 6.61 Å². The third kappa shape index (κ3) is 2.16. The van der Waals surface area contributed by atoms with E-state index in [0.29, 0.717) is 24.1 Å². The van der Waals surface area contributed by atoms with Crippen molar-refractivity contribution in [3.63, 3.8) is 0 Å². The Bertz CT molecular complexity index is 511. The normalized spacial score (nSPS) is 10.3. The highest BCUT2D eigenvalue weighted by Gasteiger charge is 2.08. The van der Waals surface area contributed by atoms with Gasteiger partial charge in [0.2, 0.25) is 0 Å². The first-order chi connectivity index (χ1) is 7.81. The van der Waals surface area contributed by atoms with Crippen molar-refractivity contribution < 1.29 is 9.53 Å². The molecule has 1 radical (unpaired) electrons. The maximum atomic E-state index is 11.5. The van der Waals surface area contributed by atoms with Gasteiger partial charge in [0.25, 0.3) is 0 Å². The molecule has 0 bridgehead atoms. The molecule has 0 aliphatic rings. The van der Waals surface area contributed by atoms with Gasteiger partial charge in [0.05, 0.1) is 23.2 Å². The van der Waals surface area contributed by atoms with Crippen molar-refractivity contribution in [3.8, 4) is 0 Å². The van der Waals surface area contributed by atoms with E-state index < -0.39 is 0 Å². The number of carbonyl (C=O) groups is 1. The van der Waals surface area contributed by atoms with Gasteiger partial charge in [0, 0.05) is 12.4 Å². The van der Waals surface area contributed by atoms with Crippen LogP contribution in [0.2, 0.25) is 0 Å². The second-order valence-corrected chi connectivity index (χ2v) is 3.26. The molecule has 0 unspecified atom stereocenters. The lowest BCUT2D eigenvalue weighted by Gasteiger charge is -2.03. The maximum Gasteiger partial charge on any atom is 0.339 e. The molecule has 0 atom stereocenters. The number of nitrogens with zero attached hydrogens (tertiary/aromatic N) is 2. The van der Waals surface area contributed by atoms with E-state index in [9.17, 15) is 4.79 Å². The highest BCUT2D eigenvalue weighted by Crippen LogP contribution is 2.10. The number of aromatic nitrogens is 2. The molecule has 0 N–H and O–H groups in total. The van der Waals surface area contributed by atoms with Crippen molar-refractivity contribution in [3.05, 3.63) is 43.1 Å². The topological polar surface area (TPSA) is 52.1 Å². The molecule has 0 saturated heterocycles. The molecular weight excluding hydrogens is 204 g/mol. The van der Waals surface area contributed by atoms with Crippen LogP contribution in [-0.4, -0.2) is 22.5 Å². The van der Waals surface area contributed by atoms with Gasteiger partial charge in [0.15, 0.2) is 0 Å². The van der Waals surface area contributed by atoms with Gasteiger partial charge in [-0.15, -0.1) is 0 Å². The second-order valence-electron chi connectivity index (χ2n) is 3.26. The number of hydrogen-bond acceptors (Lipinski definition) is 4. The molecule has 16 heavy (non-hydrogen) atoms. The third-order valence-corrected chi connectivity index (χ3v) is 2.06. The average Bonchev–Trinajstić information content (AvgIpc) is 2.35. The molecule has 0 fully saturated rings. The van der Waals surface area contributed by atoms with Crippen molar-refractivity contribution in [1.82, 2.24) is 9.97 Å². The highest BCUT2D eigenvalue weighted by atomic mass is 16.5. The first-order valence-electron chi connectivity index (χ1n) is 4.98. The smallest absolute Gasteiger partial charge is 0.339 e. The van der Waals surface area contributed by atoms with Crippen LogP contribution in [0.5, 0.6) is 0 Å². The summed E-state index contributed by atoms with van der Waals surface area (Å²) >= 11 is 0. The average molecular weight is 215 g/mol. The summed E-state index contributed by atoms with van der Waals surface area (Å²) < 4.78 is 4.96. The van der Waals surface area contributed by atoms with Gasteiger partial charge < -0.3 is 4.74 Å². The first-order valence-corrected chi connectivity index (χ1v) is 4.98. The molecule has 2 rings (SSSR count). The van der Waals surface area contributed by atoms with Gasteiger partial charge >= 0.3 is 5.97 Å². The molecule has 2 aromatic rings. The van der Waals surface area contributed by atoms with E-state index in [1.165, 1.54) is 6.20 Å². The number of rotatable bonds is 3. The largest absolute Gasteiger partial charge is 0.462 e. The molecule has 0 aliphatic carbocycles. The van der Waals surface area contributed by atoms with Crippen molar-refractivity contribution >= 4 is 17.0 Å². The van der Waals surface area contributed by atoms with Crippen LogP contribution in [0, 0.1) is 6.92 Å². The van der Waals surface area contributed by atoms with Crippen LogP contribution in [0.1, 0.15) is 16.8 Å². The molecular formula is C12H11N2O2. The van der Waals surface area contributed by atoms with Crippen LogP contribution in [0.3, 0.4) is 0 Å². The fraction of sp³-hybridized carbons (Fsp3) is 0.167. The zero-order valence-corrected chi connectivity index (χ0v) is 8.72. The zero-order valence-electron chi connectivity index (χ0n) is 8.72. The molecule has 0 aromatic carbocycles. The summed E-state index contributed by atoms with van der Waals surface area (Å²) in [7, 11) is 0. The minimum absolute atomic E-state index is 0.319. The summed E-state index contributed by atoms with van der Waals surface area (Å²) in [6.07, 6.45) is 3.72. The second kappa shape index (κ2) is 4.70. The first kappa shape index (κ1) is 10.5. The summed E-state index contributed by atoms with van der Waals surface area (Å²) in [4.78, 5) is 19.8. The minimum atomic E-state index is -0.385. The lowest BCUT2D eigenvalue weighted by Crippen LogP contribution is -2.06. The Morgan fingerprint density at radius 2 is 2.25 bits per heavy atom. The summed E-state index contributed by atoms with van der Waals surface area (Å²) in [6, 6.07) is 5.32. The Morgan fingerprint density at radius 1 is 1.38 bits per heavy atom. The van der Waals surface area contributed by atoms with Gasteiger partial charge in [-0.05, 0) is 31.5 Å². The Balaban J connectivity index is 2.28. The van der Waals surface area contributed by atoms with Crippen LogP contribution in [0.25, 0.3) is 11.0 Å². The molecule has 2 heterocycles. The monoisotopic (exact) mass is 215 g/mol. The molecule has 0 spiro atoms. The van der Waals surface area contributed by atoms with Gasteiger partial charge in [-0.25, -0.2) is 4.79 Å². The molecule has 4 nitrogen and oxygen atoms in total. The van der Waals surface area contributed by atoms with Crippen LogP contribution < -0.4 is 0 Å². The SMILES string of the molecule is [CH2]CCOC(=O)c1cnc2cccnc2c1. The van der Waals surface area contributed by atoms with Crippen LogP contribution >= 0.6 is 0 Å². The fourth-order valence-corrected chi connectivity index (χ4v) is 1.31. The fourth-order valence-electron chi connectivity index (χ4n) is 1.31. The van der Waals surface area contributed by atoms with Crippen LogP contribution in [0.4, 0.5) is 0 Å². The Morgan fingerprint density at radius 3 is 3.06 bits per heavy atom. The number of carbonyl (C=O) groups excluding carboxylic acids is 1. The number of ether oxygens (including phenoxy) is 1. The molecule has 0 saturated carbocycles. The van der Waals surface area contributed by atoms with E-state index in [4.69, 9.17) is 4.74 Å². The van der Waals surface area contributed by atoms with Crippen molar-refractivity contribution in [2.45, 2.75) is 6.42 Å². The minimum Gasteiger partial charge on any atom is -0.462 e. The maximum absolute atomic E-state index is 11.5. The van der Waals surface area contributed by atoms with E-state index in [2.05, 4.69) is 16.9 Å². The zero-order chi connectivity index (χ0) is 11.4. The number of fused-ring (bicyclic) bond motifs is 1. The molecule has 4 heteroatoms. The molecule has 0 aliphatic heterocycles. The Hall–Kier alpha value is -1.97. The predicted octanol–water partition coefficient (Wildman–Crippen LogP) is 2.01. The van der Waals surface area contributed by atoms with Crippen LogP contribution in [-0.2, 0) is 4.74 Å². The summed E-state index contributed by atoms with van der Waals surface area (Å²) in [5.74, 6) is -0.385. The quantitative estimate of drug-likeness (QED) is 0.735. The number of pyridine rings is 2.